The number of carboxylic acids is 1. The Kier molecular flexibility index (Phi) is 18.2. The predicted octanol–water partition coefficient (Wildman–Crippen LogP) is 6.71. The first-order chi connectivity index (χ1) is 17.5. The minimum absolute atomic E-state index is 0.0918. The van der Waals surface area contributed by atoms with Gasteiger partial charge >= 0.3 is 17.9 Å². The van der Waals surface area contributed by atoms with E-state index < -0.39 is 30.6 Å². The van der Waals surface area contributed by atoms with Gasteiger partial charge in [-0.05, 0) is 18.6 Å². The smallest absolute Gasteiger partial charge is 0.339 e. The van der Waals surface area contributed by atoms with Crippen LogP contribution in [0.3, 0.4) is 0 Å². The molecule has 0 amide bonds. The third-order valence-corrected chi connectivity index (χ3v) is 6.26. The van der Waals surface area contributed by atoms with Crippen LogP contribution in [0.4, 0.5) is 0 Å². The number of hydrogen-bond acceptors (Lipinski definition) is 6. The number of aliphatic hydroxyl groups excluding tert-OH is 1. The molecule has 0 fully saturated rings. The highest BCUT2D eigenvalue weighted by molar-refractivity contribution is 6.02. The number of ether oxygens (including phenoxy) is 2. The van der Waals surface area contributed by atoms with Crippen LogP contribution in [0, 0.1) is 0 Å². The van der Waals surface area contributed by atoms with Crippen molar-refractivity contribution < 1.29 is 34.1 Å². The zero-order chi connectivity index (χ0) is 26.4. The van der Waals surface area contributed by atoms with Gasteiger partial charge in [-0.1, -0.05) is 109 Å². The summed E-state index contributed by atoms with van der Waals surface area (Å²) in [7, 11) is 0. The number of benzene rings is 1. The summed E-state index contributed by atoms with van der Waals surface area (Å²) < 4.78 is 10.3. The van der Waals surface area contributed by atoms with Crippen molar-refractivity contribution in [2.75, 3.05) is 13.2 Å². The zero-order valence-electron chi connectivity index (χ0n) is 22.1. The lowest BCUT2D eigenvalue weighted by Gasteiger charge is -2.16. The molecule has 1 atom stereocenters. The van der Waals surface area contributed by atoms with E-state index in [2.05, 4.69) is 6.92 Å². The Morgan fingerprint density at radius 1 is 0.750 bits per heavy atom. The van der Waals surface area contributed by atoms with E-state index in [1.807, 2.05) is 0 Å². The lowest BCUT2D eigenvalue weighted by atomic mass is 10.0. The van der Waals surface area contributed by atoms with Gasteiger partial charge in [-0.15, -0.1) is 0 Å². The highest BCUT2D eigenvalue weighted by Gasteiger charge is 2.20. The van der Waals surface area contributed by atoms with Crippen molar-refractivity contribution in [1.82, 2.24) is 0 Å². The van der Waals surface area contributed by atoms with Gasteiger partial charge in [0.15, 0.2) is 6.10 Å². The first-order valence-corrected chi connectivity index (χ1v) is 13.8. The van der Waals surface area contributed by atoms with Crippen LogP contribution in [0.15, 0.2) is 24.3 Å². The van der Waals surface area contributed by atoms with Crippen molar-refractivity contribution in [3.05, 3.63) is 35.4 Å². The van der Waals surface area contributed by atoms with Crippen molar-refractivity contribution >= 4 is 17.9 Å². The summed E-state index contributed by atoms with van der Waals surface area (Å²) in [6.45, 7) is 1.42. The summed E-state index contributed by atoms with van der Waals surface area (Å²) >= 11 is 0. The van der Waals surface area contributed by atoms with Gasteiger partial charge < -0.3 is 19.7 Å². The summed E-state index contributed by atoms with van der Waals surface area (Å²) in [5, 5.41) is 18.6. The Labute approximate surface area is 216 Å². The second-order valence-corrected chi connectivity index (χ2v) is 9.44. The molecule has 0 heterocycles. The van der Waals surface area contributed by atoms with Gasteiger partial charge in [-0.3, -0.25) is 4.79 Å². The molecule has 1 unspecified atom stereocenters. The molecule has 0 aliphatic carbocycles. The molecule has 1 rings (SSSR count). The second kappa shape index (κ2) is 20.7. The molecule has 0 aromatic heterocycles. The standard InChI is InChI=1S/C29H46O7/c1-2-3-4-5-6-7-8-9-10-11-12-13-14-15-16-21-27(31)36-24(22-30)23-35-29(34)26-20-18-17-19-25(26)28(32)33/h17-20,24,30H,2-16,21-23H2,1H3,(H,32,33). The molecule has 0 spiro atoms. The molecular formula is C29H46O7. The molecule has 0 saturated carbocycles. The lowest BCUT2D eigenvalue weighted by Crippen LogP contribution is -2.28. The highest BCUT2D eigenvalue weighted by atomic mass is 16.6. The fraction of sp³-hybridized carbons (Fsp3) is 0.690. The van der Waals surface area contributed by atoms with Crippen LogP contribution in [-0.2, 0) is 14.3 Å². The van der Waals surface area contributed by atoms with E-state index in [1.165, 1.54) is 101 Å². The minimum Gasteiger partial charge on any atom is -0.478 e. The Morgan fingerprint density at radius 2 is 1.22 bits per heavy atom. The molecule has 0 bridgehead atoms. The maximum absolute atomic E-state index is 12.2. The van der Waals surface area contributed by atoms with Crippen LogP contribution >= 0.6 is 0 Å². The quantitative estimate of drug-likeness (QED) is 0.133. The number of carbonyl (C=O) groups excluding carboxylic acids is 2. The van der Waals surface area contributed by atoms with E-state index in [-0.39, 0.29) is 24.2 Å². The van der Waals surface area contributed by atoms with E-state index in [1.54, 1.807) is 0 Å². The summed E-state index contributed by atoms with van der Waals surface area (Å²) in [6.07, 6.45) is 18.0. The topological polar surface area (TPSA) is 110 Å². The van der Waals surface area contributed by atoms with Gasteiger partial charge in [0.05, 0.1) is 17.7 Å². The van der Waals surface area contributed by atoms with E-state index in [4.69, 9.17) is 9.47 Å². The first kappa shape index (κ1) is 31.6. The fourth-order valence-corrected chi connectivity index (χ4v) is 4.10. The van der Waals surface area contributed by atoms with Crippen LogP contribution in [0.2, 0.25) is 0 Å². The molecule has 7 heteroatoms. The number of esters is 2. The molecule has 2 N–H and O–H groups in total. The van der Waals surface area contributed by atoms with E-state index in [0.717, 1.165) is 19.3 Å². The molecule has 0 radical (unpaired) electrons. The number of carbonyl (C=O) groups is 3. The van der Waals surface area contributed by atoms with E-state index in [0.29, 0.717) is 0 Å². The summed E-state index contributed by atoms with van der Waals surface area (Å²) in [6, 6.07) is 5.70. The van der Waals surface area contributed by atoms with Crippen molar-refractivity contribution in [3.63, 3.8) is 0 Å². The number of unbranched alkanes of at least 4 members (excludes halogenated alkanes) is 14. The first-order valence-electron chi connectivity index (χ1n) is 13.8. The van der Waals surface area contributed by atoms with Crippen molar-refractivity contribution in [1.29, 1.82) is 0 Å². The lowest BCUT2D eigenvalue weighted by molar-refractivity contribution is -0.153. The average molecular weight is 507 g/mol. The zero-order valence-corrected chi connectivity index (χ0v) is 22.1. The number of aliphatic hydroxyl groups is 1. The van der Waals surface area contributed by atoms with Crippen LogP contribution in [0.5, 0.6) is 0 Å². The van der Waals surface area contributed by atoms with Gasteiger partial charge in [0.25, 0.3) is 0 Å². The van der Waals surface area contributed by atoms with Crippen LogP contribution in [0.25, 0.3) is 0 Å². The maximum atomic E-state index is 12.2. The molecule has 1 aromatic carbocycles. The van der Waals surface area contributed by atoms with Gasteiger partial charge in [-0.2, -0.15) is 0 Å². The third kappa shape index (κ3) is 14.9. The maximum Gasteiger partial charge on any atom is 0.339 e. The molecule has 0 saturated heterocycles. The van der Waals surface area contributed by atoms with E-state index in [9.17, 15) is 24.6 Å². The number of carboxylic acid groups (broad SMARTS) is 1. The van der Waals surface area contributed by atoms with Crippen LogP contribution in [0.1, 0.15) is 130 Å². The highest BCUT2D eigenvalue weighted by Crippen LogP contribution is 2.14. The second-order valence-electron chi connectivity index (χ2n) is 9.44. The average Bonchev–Trinajstić information content (AvgIpc) is 2.88. The molecule has 1 aromatic rings. The van der Waals surface area contributed by atoms with Crippen LogP contribution in [-0.4, -0.2) is 47.4 Å². The molecule has 36 heavy (non-hydrogen) atoms. The molecule has 7 nitrogen and oxygen atoms in total. The summed E-state index contributed by atoms with van der Waals surface area (Å²) in [4.78, 5) is 35.5. The fourth-order valence-electron chi connectivity index (χ4n) is 4.10. The molecule has 204 valence electrons. The van der Waals surface area contributed by atoms with E-state index >= 15 is 0 Å². The molecular weight excluding hydrogens is 460 g/mol. The summed E-state index contributed by atoms with van der Waals surface area (Å²) in [5.41, 5.74) is -0.265. The Hall–Kier alpha value is -2.41. The number of aromatic carboxylic acids is 1. The predicted molar refractivity (Wildman–Crippen MR) is 140 cm³/mol. The molecule has 0 aliphatic heterocycles. The number of rotatable bonds is 22. The monoisotopic (exact) mass is 506 g/mol. The van der Waals surface area contributed by atoms with Crippen molar-refractivity contribution in [2.24, 2.45) is 0 Å². The third-order valence-electron chi connectivity index (χ3n) is 6.26. The van der Waals surface area contributed by atoms with Gasteiger partial charge in [0, 0.05) is 6.42 Å². The van der Waals surface area contributed by atoms with Crippen molar-refractivity contribution in [2.45, 2.75) is 116 Å². The van der Waals surface area contributed by atoms with Crippen molar-refractivity contribution in [3.8, 4) is 0 Å². The van der Waals surface area contributed by atoms with Gasteiger partial charge in [-0.25, -0.2) is 9.59 Å². The minimum atomic E-state index is -1.24. The normalized spacial score (nSPS) is 11.7. The van der Waals surface area contributed by atoms with Gasteiger partial charge in [0.2, 0.25) is 0 Å². The van der Waals surface area contributed by atoms with Gasteiger partial charge in [0.1, 0.15) is 6.61 Å². The summed E-state index contributed by atoms with van der Waals surface area (Å²) in [5.74, 6) is -2.52. The Bertz CT molecular complexity index is 747. The van der Waals surface area contributed by atoms with Crippen LogP contribution < -0.4 is 0 Å². The Morgan fingerprint density at radius 3 is 1.69 bits per heavy atom. The number of hydrogen-bond donors (Lipinski definition) is 2. The Balaban J connectivity index is 2.06. The SMILES string of the molecule is CCCCCCCCCCCCCCCCCC(=O)OC(CO)COC(=O)c1ccccc1C(=O)O. The largest absolute Gasteiger partial charge is 0.478 e. The molecule has 0 aliphatic rings.